The molecule has 1 saturated heterocycles. The number of rotatable bonds is 1. The highest BCUT2D eigenvalue weighted by Gasteiger charge is 2.46. The molecular weight excluding hydrogens is 336 g/mol. The van der Waals surface area contributed by atoms with Crippen molar-refractivity contribution in [3.63, 3.8) is 0 Å². The standard InChI is InChI=1S/C20H30O6/c1-12-6-4-8-13(2)17(23)18-15(14(3)19(24)26-18)10-16(22)20(25,11-21)9-5-7-12/h7-8,15-18,21-23,25H,3-6,9-11H2,1-2H3/b12-7-,13-8-/t15-,16-,17-,18-,20-/m1/s1. The van der Waals surface area contributed by atoms with Gasteiger partial charge in [-0.05, 0) is 51.5 Å². The minimum Gasteiger partial charge on any atom is -0.455 e. The lowest BCUT2D eigenvalue weighted by Crippen LogP contribution is -2.48. The number of ether oxygens (including phenoxy) is 1. The summed E-state index contributed by atoms with van der Waals surface area (Å²) >= 11 is 0. The van der Waals surface area contributed by atoms with E-state index in [4.69, 9.17) is 4.74 Å². The van der Waals surface area contributed by atoms with Gasteiger partial charge in [-0.1, -0.05) is 24.3 Å². The molecule has 1 aliphatic heterocycles. The lowest BCUT2D eigenvalue weighted by molar-refractivity contribution is -0.144. The number of aliphatic hydroxyl groups is 4. The van der Waals surface area contributed by atoms with Crippen LogP contribution in [0.5, 0.6) is 0 Å². The first kappa shape index (κ1) is 20.8. The third-order valence-corrected chi connectivity index (χ3v) is 5.57. The van der Waals surface area contributed by atoms with Gasteiger partial charge in [0.2, 0.25) is 0 Å². The van der Waals surface area contributed by atoms with Gasteiger partial charge >= 0.3 is 5.97 Å². The average molecular weight is 366 g/mol. The lowest BCUT2D eigenvalue weighted by atomic mass is 9.80. The van der Waals surface area contributed by atoms with Crippen LogP contribution in [0, 0.1) is 5.92 Å². The van der Waals surface area contributed by atoms with Gasteiger partial charge in [-0.25, -0.2) is 4.79 Å². The van der Waals surface area contributed by atoms with E-state index in [2.05, 4.69) is 6.58 Å². The maximum atomic E-state index is 12.0. The Balaban J connectivity index is 2.35. The van der Waals surface area contributed by atoms with Crippen LogP contribution in [0.2, 0.25) is 0 Å². The molecule has 26 heavy (non-hydrogen) atoms. The van der Waals surface area contributed by atoms with Gasteiger partial charge in [-0.15, -0.1) is 0 Å². The van der Waals surface area contributed by atoms with Crippen LogP contribution in [0.3, 0.4) is 0 Å². The molecular formula is C20H30O6. The summed E-state index contributed by atoms with van der Waals surface area (Å²) in [4.78, 5) is 12.0. The van der Waals surface area contributed by atoms with E-state index in [1.54, 1.807) is 6.92 Å². The van der Waals surface area contributed by atoms with Crippen LogP contribution < -0.4 is 0 Å². The molecule has 5 atom stereocenters. The van der Waals surface area contributed by atoms with Crippen molar-refractivity contribution < 1.29 is 30.0 Å². The molecule has 146 valence electrons. The number of esters is 1. The van der Waals surface area contributed by atoms with E-state index in [9.17, 15) is 25.2 Å². The van der Waals surface area contributed by atoms with Crippen LogP contribution in [0.1, 0.15) is 46.0 Å². The van der Waals surface area contributed by atoms with Crippen molar-refractivity contribution in [2.75, 3.05) is 6.61 Å². The normalized spacial score (nSPS) is 41.3. The average Bonchev–Trinajstić information content (AvgIpc) is 2.88. The van der Waals surface area contributed by atoms with Crippen molar-refractivity contribution in [1.29, 1.82) is 0 Å². The molecule has 4 N–H and O–H groups in total. The van der Waals surface area contributed by atoms with Gasteiger partial charge in [0.15, 0.2) is 0 Å². The molecule has 2 rings (SSSR count). The summed E-state index contributed by atoms with van der Waals surface area (Å²) in [5.74, 6) is -1.23. The molecule has 0 spiro atoms. The number of hydrogen-bond acceptors (Lipinski definition) is 6. The maximum absolute atomic E-state index is 12.0. The zero-order valence-electron chi connectivity index (χ0n) is 15.5. The second-order valence-corrected chi connectivity index (χ2v) is 7.54. The molecule has 2 aliphatic rings. The van der Waals surface area contributed by atoms with E-state index >= 15 is 0 Å². The minimum atomic E-state index is -1.69. The Morgan fingerprint density at radius 2 is 1.96 bits per heavy atom. The van der Waals surface area contributed by atoms with E-state index in [1.165, 1.54) is 0 Å². The first-order valence-corrected chi connectivity index (χ1v) is 9.11. The van der Waals surface area contributed by atoms with Crippen molar-refractivity contribution in [2.45, 2.75) is 69.9 Å². The summed E-state index contributed by atoms with van der Waals surface area (Å²) in [6.07, 6.45) is 3.00. The Labute approximate surface area is 154 Å². The molecule has 0 unspecified atom stereocenters. The molecule has 0 bridgehead atoms. The molecule has 6 heteroatoms. The Bertz CT molecular complexity index is 607. The molecule has 0 aromatic heterocycles. The van der Waals surface area contributed by atoms with Gasteiger partial charge in [-0.2, -0.15) is 0 Å². The van der Waals surface area contributed by atoms with Crippen molar-refractivity contribution >= 4 is 5.97 Å². The topological polar surface area (TPSA) is 107 Å². The summed E-state index contributed by atoms with van der Waals surface area (Å²) in [5.41, 5.74) is 0.310. The summed E-state index contributed by atoms with van der Waals surface area (Å²) < 4.78 is 5.30. The van der Waals surface area contributed by atoms with E-state index in [0.29, 0.717) is 12.0 Å². The number of fused-ring (bicyclic) bond motifs is 1. The highest BCUT2D eigenvalue weighted by molar-refractivity contribution is 5.90. The van der Waals surface area contributed by atoms with Gasteiger partial charge in [0.05, 0.1) is 12.7 Å². The summed E-state index contributed by atoms with van der Waals surface area (Å²) in [5, 5.41) is 41.5. The molecule has 1 heterocycles. The SMILES string of the molecule is C=C1C(=O)O[C@@H]2[C@@H]1C[C@@H](O)[C@](O)(CO)CC/C=C(/C)CC/C=C(/C)[C@H]2O. The molecule has 0 amide bonds. The molecule has 6 nitrogen and oxygen atoms in total. The largest absolute Gasteiger partial charge is 0.455 e. The Morgan fingerprint density at radius 3 is 2.62 bits per heavy atom. The van der Waals surface area contributed by atoms with Crippen molar-refractivity contribution in [1.82, 2.24) is 0 Å². The number of aliphatic hydroxyl groups excluding tert-OH is 3. The predicted octanol–water partition coefficient (Wildman–Crippen LogP) is 1.39. The van der Waals surface area contributed by atoms with Crippen LogP contribution in [-0.2, 0) is 9.53 Å². The van der Waals surface area contributed by atoms with Crippen LogP contribution in [-0.4, -0.2) is 56.9 Å². The first-order valence-electron chi connectivity index (χ1n) is 9.11. The number of carbonyl (C=O) groups is 1. The Morgan fingerprint density at radius 1 is 1.27 bits per heavy atom. The molecule has 1 fully saturated rings. The van der Waals surface area contributed by atoms with E-state index in [-0.39, 0.29) is 18.4 Å². The van der Waals surface area contributed by atoms with Crippen molar-refractivity contribution in [3.8, 4) is 0 Å². The van der Waals surface area contributed by atoms with Crippen LogP contribution in [0.25, 0.3) is 0 Å². The number of hydrogen-bond donors (Lipinski definition) is 4. The van der Waals surface area contributed by atoms with E-state index in [0.717, 1.165) is 18.4 Å². The lowest BCUT2D eigenvalue weighted by Gasteiger charge is -2.34. The Kier molecular flexibility index (Phi) is 6.80. The number of allylic oxidation sites excluding steroid dienone is 3. The first-order chi connectivity index (χ1) is 12.2. The van der Waals surface area contributed by atoms with Gasteiger partial charge < -0.3 is 25.2 Å². The second kappa shape index (κ2) is 8.48. The van der Waals surface area contributed by atoms with Crippen molar-refractivity contribution in [3.05, 3.63) is 35.5 Å². The van der Waals surface area contributed by atoms with Crippen LogP contribution >= 0.6 is 0 Å². The fraction of sp³-hybridized carbons (Fsp3) is 0.650. The quantitative estimate of drug-likeness (QED) is 0.317. The molecule has 0 saturated carbocycles. The van der Waals surface area contributed by atoms with Crippen LogP contribution in [0.15, 0.2) is 35.5 Å². The fourth-order valence-corrected chi connectivity index (χ4v) is 3.58. The van der Waals surface area contributed by atoms with E-state index in [1.807, 2.05) is 19.1 Å². The van der Waals surface area contributed by atoms with E-state index < -0.39 is 42.4 Å². The Hall–Kier alpha value is -1.47. The molecule has 0 aromatic carbocycles. The van der Waals surface area contributed by atoms with Gasteiger partial charge in [0, 0.05) is 11.5 Å². The minimum absolute atomic E-state index is 0.0284. The third-order valence-electron chi connectivity index (χ3n) is 5.57. The van der Waals surface area contributed by atoms with Gasteiger partial charge in [0.25, 0.3) is 0 Å². The monoisotopic (exact) mass is 366 g/mol. The highest BCUT2D eigenvalue weighted by Crippen LogP contribution is 2.37. The van der Waals surface area contributed by atoms with Crippen LogP contribution in [0.4, 0.5) is 0 Å². The predicted molar refractivity (Wildman–Crippen MR) is 97.2 cm³/mol. The zero-order valence-corrected chi connectivity index (χ0v) is 15.5. The fourth-order valence-electron chi connectivity index (χ4n) is 3.58. The zero-order chi connectivity index (χ0) is 19.5. The molecule has 1 aliphatic carbocycles. The smallest absolute Gasteiger partial charge is 0.334 e. The maximum Gasteiger partial charge on any atom is 0.334 e. The molecule has 0 aromatic rings. The van der Waals surface area contributed by atoms with Gasteiger partial charge in [-0.3, -0.25) is 0 Å². The summed E-state index contributed by atoms with van der Waals surface area (Å²) in [6.45, 7) is 6.90. The third kappa shape index (κ3) is 4.43. The summed E-state index contributed by atoms with van der Waals surface area (Å²) in [6, 6.07) is 0. The molecule has 0 radical (unpaired) electrons. The van der Waals surface area contributed by atoms with Crippen molar-refractivity contribution in [2.24, 2.45) is 5.92 Å². The number of carbonyl (C=O) groups excluding carboxylic acids is 1. The summed E-state index contributed by atoms with van der Waals surface area (Å²) in [7, 11) is 0. The van der Waals surface area contributed by atoms with Gasteiger partial charge in [0.1, 0.15) is 17.8 Å². The second-order valence-electron chi connectivity index (χ2n) is 7.54. The highest BCUT2D eigenvalue weighted by atomic mass is 16.6.